The molecule has 0 spiro atoms. The Morgan fingerprint density at radius 3 is 2.87 bits per heavy atom. The zero-order valence-corrected chi connectivity index (χ0v) is 9.53. The lowest BCUT2D eigenvalue weighted by Crippen LogP contribution is -2.38. The van der Waals surface area contributed by atoms with Crippen molar-refractivity contribution >= 4 is 5.69 Å². The van der Waals surface area contributed by atoms with Crippen LogP contribution < -0.4 is 4.90 Å². The number of benzene rings is 1. The molecule has 15 heavy (non-hydrogen) atoms. The fourth-order valence-corrected chi connectivity index (χ4v) is 2.23. The van der Waals surface area contributed by atoms with Gasteiger partial charge in [0.05, 0.1) is 6.10 Å². The highest BCUT2D eigenvalue weighted by atomic mass is 16.3. The largest absolute Gasteiger partial charge is 0.391 e. The van der Waals surface area contributed by atoms with Crippen LogP contribution in [0.5, 0.6) is 0 Å². The van der Waals surface area contributed by atoms with E-state index in [1.807, 2.05) is 0 Å². The van der Waals surface area contributed by atoms with Crippen LogP contribution in [0, 0.1) is 13.8 Å². The second-order valence-electron chi connectivity index (χ2n) is 4.53. The number of aliphatic hydroxyl groups excluding tert-OH is 1. The predicted molar refractivity (Wildman–Crippen MR) is 63.4 cm³/mol. The van der Waals surface area contributed by atoms with Gasteiger partial charge < -0.3 is 10.0 Å². The Balaban J connectivity index is 2.24. The zero-order chi connectivity index (χ0) is 10.8. The number of anilines is 1. The Morgan fingerprint density at radius 1 is 1.33 bits per heavy atom. The molecule has 1 heterocycles. The summed E-state index contributed by atoms with van der Waals surface area (Å²) in [4.78, 5) is 2.30. The van der Waals surface area contributed by atoms with E-state index >= 15 is 0 Å². The number of nitrogens with zero attached hydrogens (tertiary/aromatic N) is 1. The molecule has 1 aliphatic heterocycles. The highest BCUT2D eigenvalue weighted by molar-refractivity contribution is 5.55. The van der Waals surface area contributed by atoms with E-state index < -0.39 is 0 Å². The number of aryl methyl sites for hydroxylation is 2. The minimum absolute atomic E-state index is 0.154. The van der Waals surface area contributed by atoms with Crippen LogP contribution in [-0.4, -0.2) is 24.3 Å². The molecule has 1 aromatic carbocycles. The Morgan fingerprint density at radius 2 is 2.13 bits per heavy atom. The van der Waals surface area contributed by atoms with Crippen LogP contribution in [0.3, 0.4) is 0 Å². The molecule has 0 aliphatic carbocycles. The summed E-state index contributed by atoms with van der Waals surface area (Å²) in [6.45, 7) is 6.10. The van der Waals surface area contributed by atoms with Crippen molar-refractivity contribution in [1.29, 1.82) is 0 Å². The summed E-state index contributed by atoms with van der Waals surface area (Å²) in [5.41, 5.74) is 3.87. The molecule has 1 atom stereocenters. The maximum atomic E-state index is 9.66. The molecular formula is C13H19NO. The standard InChI is InChI=1S/C13H19NO/c1-10-5-6-11(2)13(8-10)14-7-3-4-12(15)9-14/h5-6,8,12,15H,3-4,7,9H2,1-2H3. The van der Waals surface area contributed by atoms with Gasteiger partial charge in [0.15, 0.2) is 0 Å². The number of aliphatic hydroxyl groups is 1. The Bertz CT molecular complexity index is 348. The molecule has 0 aromatic heterocycles. The van der Waals surface area contributed by atoms with Crippen molar-refractivity contribution in [2.75, 3.05) is 18.0 Å². The first-order chi connectivity index (χ1) is 7.16. The molecule has 1 saturated heterocycles. The summed E-state index contributed by atoms with van der Waals surface area (Å²) in [7, 11) is 0. The van der Waals surface area contributed by atoms with Gasteiger partial charge in [-0.25, -0.2) is 0 Å². The first-order valence-corrected chi connectivity index (χ1v) is 5.67. The van der Waals surface area contributed by atoms with E-state index in [2.05, 4.69) is 36.9 Å². The van der Waals surface area contributed by atoms with Gasteiger partial charge in [-0.05, 0) is 43.9 Å². The molecule has 0 saturated carbocycles. The second kappa shape index (κ2) is 4.23. The molecule has 82 valence electrons. The summed E-state index contributed by atoms with van der Waals surface area (Å²) < 4.78 is 0. The number of hydrogen-bond donors (Lipinski definition) is 1. The van der Waals surface area contributed by atoms with Gasteiger partial charge in [0.1, 0.15) is 0 Å². The summed E-state index contributed by atoms with van der Waals surface area (Å²) >= 11 is 0. The van der Waals surface area contributed by atoms with Crippen LogP contribution in [-0.2, 0) is 0 Å². The lowest BCUT2D eigenvalue weighted by Gasteiger charge is -2.33. The molecule has 1 unspecified atom stereocenters. The van der Waals surface area contributed by atoms with Crippen LogP contribution in [0.1, 0.15) is 24.0 Å². The molecule has 0 bridgehead atoms. The summed E-state index contributed by atoms with van der Waals surface area (Å²) in [6.07, 6.45) is 1.88. The van der Waals surface area contributed by atoms with Crippen molar-refractivity contribution in [1.82, 2.24) is 0 Å². The second-order valence-corrected chi connectivity index (χ2v) is 4.53. The van der Waals surface area contributed by atoms with Gasteiger partial charge in [-0.15, -0.1) is 0 Å². The van der Waals surface area contributed by atoms with Crippen LogP contribution in [0.2, 0.25) is 0 Å². The molecule has 0 amide bonds. The first kappa shape index (κ1) is 10.5. The molecule has 2 nitrogen and oxygen atoms in total. The minimum Gasteiger partial charge on any atom is -0.391 e. The lowest BCUT2D eigenvalue weighted by atomic mass is 10.0. The van der Waals surface area contributed by atoms with Gasteiger partial charge in [0, 0.05) is 18.8 Å². The quantitative estimate of drug-likeness (QED) is 0.760. The monoisotopic (exact) mass is 205 g/mol. The normalized spacial score (nSPS) is 21.8. The Labute approximate surface area is 91.5 Å². The molecule has 2 rings (SSSR count). The van der Waals surface area contributed by atoms with Gasteiger partial charge >= 0.3 is 0 Å². The zero-order valence-electron chi connectivity index (χ0n) is 9.53. The van der Waals surface area contributed by atoms with E-state index in [0.717, 1.165) is 25.9 Å². The van der Waals surface area contributed by atoms with Crippen LogP contribution in [0.15, 0.2) is 18.2 Å². The molecule has 0 radical (unpaired) electrons. The number of piperidine rings is 1. The van der Waals surface area contributed by atoms with Gasteiger partial charge in [0.25, 0.3) is 0 Å². The number of hydrogen-bond acceptors (Lipinski definition) is 2. The SMILES string of the molecule is Cc1ccc(C)c(N2CCCC(O)C2)c1. The fourth-order valence-electron chi connectivity index (χ4n) is 2.23. The van der Waals surface area contributed by atoms with Crippen molar-refractivity contribution in [3.63, 3.8) is 0 Å². The van der Waals surface area contributed by atoms with Crippen molar-refractivity contribution in [3.05, 3.63) is 29.3 Å². The summed E-state index contributed by atoms with van der Waals surface area (Å²) in [5, 5.41) is 9.66. The Kier molecular flexibility index (Phi) is 2.96. The minimum atomic E-state index is -0.154. The first-order valence-electron chi connectivity index (χ1n) is 5.67. The lowest BCUT2D eigenvalue weighted by molar-refractivity contribution is 0.154. The van der Waals surface area contributed by atoms with E-state index in [-0.39, 0.29) is 6.10 Å². The predicted octanol–water partition coefficient (Wildman–Crippen LogP) is 2.26. The highest BCUT2D eigenvalue weighted by Crippen LogP contribution is 2.24. The third-order valence-electron chi connectivity index (χ3n) is 3.10. The maximum absolute atomic E-state index is 9.66. The maximum Gasteiger partial charge on any atom is 0.0715 e. The molecule has 1 aliphatic rings. The van der Waals surface area contributed by atoms with E-state index in [9.17, 15) is 5.11 Å². The van der Waals surface area contributed by atoms with Gasteiger partial charge in [0.2, 0.25) is 0 Å². The van der Waals surface area contributed by atoms with E-state index in [0.29, 0.717) is 0 Å². The third kappa shape index (κ3) is 2.32. The van der Waals surface area contributed by atoms with E-state index in [1.54, 1.807) is 0 Å². The molecule has 1 aromatic rings. The van der Waals surface area contributed by atoms with Crippen molar-refractivity contribution < 1.29 is 5.11 Å². The van der Waals surface area contributed by atoms with Crippen LogP contribution in [0.25, 0.3) is 0 Å². The topological polar surface area (TPSA) is 23.5 Å². The average Bonchev–Trinajstić information content (AvgIpc) is 2.22. The summed E-state index contributed by atoms with van der Waals surface area (Å²) in [6, 6.07) is 6.51. The smallest absolute Gasteiger partial charge is 0.0715 e. The molecular weight excluding hydrogens is 186 g/mol. The highest BCUT2D eigenvalue weighted by Gasteiger charge is 2.18. The molecule has 1 fully saturated rings. The van der Waals surface area contributed by atoms with Crippen molar-refractivity contribution in [2.24, 2.45) is 0 Å². The van der Waals surface area contributed by atoms with Crippen LogP contribution in [0.4, 0.5) is 5.69 Å². The number of rotatable bonds is 1. The van der Waals surface area contributed by atoms with Gasteiger partial charge in [-0.3, -0.25) is 0 Å². The number of β-amino-alcohol motifs (C(OH)–C–C–N with tert-alkyl or cyclic N) is 1. The summed E-state index contributed by atoms with van der Waals surface area (Å²) in [5.74, 6) is 0. The Hall–Kier alpha value is -1.02. The third-order valence-corrected chi connectivity index (χ3v) is 3.10. The van der Waals surface area contributed by atoms with Crippen molar-refractivity contribution in [3.8, 4) is 0 Å². The molecule has 2 heteroatoms. The van der Waals surface area contributed by atoms with Crippen LogP contribution >= 0.6 is 0 Å². The van der Waals surface area contributed by atoms with E-state index in [4.69, 9.17) is 0 Å². The fraction of sp³-hybridized carbons (Fsp3) is 0.538. The van der Waals surface area contributed by atoms with Gasteiger partial charge in [-0.2, -0.15) is 0 Å². The van der Waals surface area contributed by atoms with E-state index in [1.165, 1.54) is 16.8 Å². The average molecular weight is 205 g/mol. The molecule has 1 N–H and O–H groups in total. The van der Waals surface area contributed by atoms with Gasteiger partial charge in [-0.1, -0.05) is 12.1 Å². The van der Waals surface area contributed by atoms with Crippen molar-refractivity contribution in [2.45, 2.75) is 32.8 Å².